The van der Waals surface area contributed by atoms with Gasteiger partial charge in [0.25, 0.3) is 0 Å². The number of carbonyl (C=O) groups excluding carboxylic acids is 1. The molecule has 2 aromatic carbocycles. The van der Waals surface area contributed by atoms with Gasteiger partial charge in [-0.15, -0.1) is 0 Å². The number of amides is 1. The van der Waals surface area contributed by atoms with Crippen LogP contribution in [0.3, 0.4) is 0 Å². The highest BCUT2D eigenvalue weighted by Gasteiger charge is 2.23. The Morgan fingerprint density at radius 1 is 1.19 bits per heavy atom. The van der Waals surface area contributed by atoms with Crippen LogP contribution >= 0.6 is 23.2 Å². The third-order valence-electron chi connectivity index (χ3n) is 3.98. The molecule has 1 amide bonds. The molecule has 2 aromatic rings. The molecule has 1 aliphatic rings. The molecule has 1 fully saturated rings. The summed E-state index contributed by atoms with van der Waals surface area (Å²) in [5, 5.41) is 7.28. The van der Waals surface area contributed by atoms with Crippen LogP contribution in [0.1, 0.15) is 11.1 Å². The minimum absolute atomic E-state index is 0.268. The minimum Gasteiger partial charge on any atom is -0.488 e. The SMILES string of the molecule is O=C1NCC(COc2cc(CNCCc3cccc(Cl)c3)ccc2Cl)O1. The Kier molecular flexibility index (Phi) is 6.61. The molecule has 1 aliphatic heterocycles. The summed E-state index contributed by atoms with van der Waals surface area (Å²) in [6.07, 6.45) is 0.192. The first-order valence-electron chi connectivity index (χ1n) is 8.41. The Hall–Kier alpha value is -1.95. The molecule has 138 valence electrons. The average Bonchev–Trinajstić information content (AvgIpc) is 3.04. The number of cyclic esters (lactones) is 1. The lowest BCUT2D eigenvalue weighted by Crippen LogP contribution is -2.22. The molecule has 26 heavy (non-hydrogen) atoms. The number of hydrogen-bond acceptors (Lipinski definition) is 4. The van der Waals surface area contributed by atoms with E-state index in [9.17, 15) is 4.79 Å². The number of alkyl carbamates (subject to hydrolysis) is 1. The first kappa shape index (κ1) is 18.8. The van der Waals surface area contributed by atoms with Gasteiger partial charge in [0.15, 0.2) is 6.10 Å². The second-order valence-electron chi connectivity index (χ2n) is 6.04. The minimum atomic E-state index is -0.414. The number of ether oxygens (including phenoxy) is 2. The van der Waals surface area contributed by atoms with Gasteiger partial charge in [-0.25, -0.2) is 4.79 Å². The number of rotatable bonds is 8. The Morgan fingerprint density at radius 3 is 2.85 bits per heavy atom. The van der Waals surface area contributed by atoms with Gasteiger partial charge in [0.1, 0.15) is 12.4 Å². The van der Waals surface area contributed by atoms with E-state index in [1.54, 1.807) is 0 Å². The van der Waals surface area contributed by atoms with Crippen LogP contribution in [0.4, 0.5) is 4.79 Å². The van der Waals surface area contributed by atoms with Gasteiger partial charge in [0.05, 0.1) is 11.6 Å². The van der Waals surface area contributed by atoms with Gasteiger partial charge in [0, 0.05) is 11.6 Å². The van der Waals surface area contributed by atoms with E-state index in [1.165, 1.54) is 5.56 Å². The molecule has 1 heterocycles. The van der Waals surface area contributed by atoms with Crippen LogP contribution in [0.25, 0.3) is 0 Å². The van der Waals surface area contributed by atoms with Crippen molar-refractivity contribution in [2.75, 3.05) is 19.7 Å². The van der Waals surface area contributed by atoms with Gasteiger partial charge in [-0.05, 0) is 48.4 Å². The molecule has 7 heteroatoms. The molecule has 1 atom stereocenters. The van der Waals surface area contributed by atoms with Crippen LogP contribution in [0, 0.1) is 0 Å². The molecule has 0 aromatic heterocycles. The van der Waals surface area contributed by atoms with Crippen LogP contribution in [0.2, 0.25) is 10.0 Å². The van der Waals surface area contributed by atoms with E-state index in [1.807, 2.05) is 36.4 Å². The molecule has 0 radical (unpaired) electrons. The van der Waals surface area contributed by atoms with Crippen LogP contribution in [-0.4, -0.2) is 31.9 Å². The number of carbonyl (C=O) groups is 1. The quantitative estimate of drug-likeness (QED) is 0.668. The van der Waals surface area contributed by atoms with Crippen molar-refractivity contribution in [3.05, 3.63) is 63.6 Å². The molecule has 1 saturated heterocycles. The number of halogens is 2. The fraction of sp³-hybridized carbons (Fsp3) is 0.316. The maximum atomic E-state index is 11.0. The normalized spacial score (nSPS) is 16.2. The van der Waals surface area contributed by atoms with E-state index in [2.05, 4.69) is 16.7 Å². The summed E-state index contributed by atoms with van der Waals surface area (Å²) < 4.78 is 10.8. The smallest absolute Gasteiger partial charge is 0.407 e. The van der Waals surface area contributed by atoms with E-state index in [4.69, 9.17) is 32.7 Å². The third-order valence-corrected chi connectivity index (χ3v) is 4.52. The number of hydrogen-bond donors (Lipinski definition) is 2. The molecule has 3 rings (SSSR count). The van der Waals surface area contributed by atoms with E-state index < -0.39 is 6.09 Å². The summed E-state index contributed by atoms with van der Waals surface area (Å²) in [5.74, 6) is 0.587. The van der Waals surface area contributed by atoms with Crippen LogP contribution in [0.5, 0.6) is 5.75 Å². The van der Waals surface area contributed by atoms with Crippen molar-refractivity contribution in [3.63, 3.8) is 0 Å². The lowest BCUT2D eigenvalue weighted by atomic mass is 10.1. The molecule has 0 spiro atoms. The van der Waals surface area contributed by atoms with Gasteiger partial charge in [-0.2, -0.15) is 0 Å². The van der Waals surface area contributed by atoms with Crippen molar-refractivity contribution in [2.45, 2.75) is 19.1 Å². The first-order valence-corrected chi connectivity index (χ1v) is 9.16. The Labute approximate surface area is 162 Å². The topological polar surface area (TPSA) is 59.6 Å². The third kappa shape index (κ3) is 5.53. The molecule has 5 nitrogen and oxygen atoms in total. The maximum absolute atomic E-state index is 11.0. The van der Waals surface area contributed by atoms with Gasteiger partial charge < -0.3 is 20.1 Å². The molecule has 1 unspecified atom stereocenters. The Balaban J connectivity index is 1.46. The zero-order chi connectivity index (χ0) is 18.4. The van der Waals surface area contributed by atoms with Crippen molar-refractivity contribution in [1.29, 1.82) is 0 Å². The molecular weight excluding hydrogens is 375 g/mol. The Bertz CT molecular complexity index is 770. The van der Waals surface area contributed by atoms with Crippen molar-refractivity contribution in [3.8, 4) is 5.75 Å². The summed E-state index contributed by atoms with van der Waals surface area (Å²) in [4.78, 5) is 11.0. The van der Waals surface area contributed by atoms with Crippen molar-refractivity contribution in [2.24, 2.45) is 0 Å². The largest absolute Gasteiger partial charge is 0.488 e. The standard InChI is InChI=1S/C19H20Cl2N2O3/c20-15-3-1-2-13(8-15)6-7-22-10-14-4-5-17(21)18(9-14)25-12-16-11-23-19(24)26-16/h1-5,8-9,16,22H,6-7,10-12H2,(H,23,24). The zero-order valence-electron chi connectivity index (χ0n) is 14.1. The number of nitrogens with one attached hydrogen (secondary N) is 2. The van der Waals surface area contributed by atoms with E-state index in [-0.39, 0.29) is 12.7 Å². The highest BCUT2D eigenvalue weighted by Crippen LogP contribution is 2.26. The van der Waals surface area contributed by atoms with Crippen molar-refractivity contribution >= 4 is 29.3 Å². The first-order chi connectivity index (χ1) is 12.6. The summed E-state index contributed by atoms with van der Waals surface area (Å²) in [6.45, 7) is 2.25. The second-order valence-corrected chi connectivity index (χ2v) is 6.88. The van der Waals surface area contributed by atoms with Crippen molar-refractivity contribution in [1.82, 2.24) is 10.6 Å². The van der Waals surface area contributed by atoms with Crippen LogP contribution < -0.4 is 15.4 Å². The fourth-order valence-corrected chi connectivity index (χ4v) is 3.02. The zero-order valence-corrected chi connectivity index (χ0v) is 15.6. The summed E-state index contributed by atoms with van der Waals surface area (Å²) in [5.41, 5.74) is 2.27. The maximum Gasteiger partial charge on any atom is 0.407 e. The van der Waals surface area contributed by atoms with E-state index >= 15 is 0 Å². The lowest BCUT2D eigenvalue weighted by Gasteiger charge is -2.13. The fourth-order valence-electron chi connectivity index (χ4n) is 2.63. The van der Waals surface area contributed by atoms with Gasteiger partial charge >= 0.3 is 6.09 Å². The van der Waals surface area contributed by atoms with E-state index in [0.29, 0.717) is 23.9 Å². The van der Waals surface area contributed by atoms with Crippen LogP contribution in [0.15, 0.2) is 42.5 Å². The van der Waals surface area contributed by atoms with E-state index in [0.717, 1.165) is 23.6 Å². The average molecular weight is 395 g/mol. The summed E-state index contributed by atoms with van der Waals surface area (Å²) >= 11 is 12.2. The predicted octanol–water partition coefficient (Wildman–Crippen LogP) is 3.81. The van der Waals surface area contributed by atoms with Gasteiger partial charge in [-0.3, -0.25) is 0 Å². The summed E-state index contributed by atoms with van der Waals surface area (Å²) in [7, 11) is 0. The van der Waals surface area contributed by atoms with Crippen LogP contribution in [-0.2, 0) is 17.7 Å². The molecule has 0 aliphatic carbocycles. The molecule has 0 bridgehead atoms. The molecule has 0 saturated carbocycles. The molecular formula is C19H20Cl2N2O3. The van der Waals surface area contributed by atoms with Gasteiger partial charge in [-0.1, -0.05) is 41.4 Å². The lowest BCUT2D eigenvalue weighted by molar-refractivity contribution is 0.105. The monoisotopic (exact) mass is 394 g/mol. The highest BCUT2D eigenvalue weighted by atomic mass is 35.5. The highest BCUT2D eigenvalue weighted by molar-refractivity contribution is 6.32. The molecule has 2 N–H and O–H groups in total. The Morgan fingerprint density at radius 2 is 2.08 bits per heavy atom. The van der Waals surface area contributed by atoms with Crippen molar-refractivity contribution < 1.29 is 14.3 Å². The van der Waals surface area contributed by atoms with Gasteiger partial charge in [0.2, 0.25) is 0 Å². The number of benzene rings is 2. The summed E-state index contributed by atoms with van der Waals surface area (Å²) in [6, 6.07) is 13.5. The predicted molar refractivity (Wildman–Crippen MR) is 102 cm³/mol. The second kappa shape index (κ2) is 9.12.